The molecule has 1 saturated heterocycles. The first-order valence-corrected chi connectivity index (χ1v) is 7.65. The molecule has 0 radical (unpaired) electrons. The van der Waals surface area contributed by atoms with Crippen molar-refractivity contribution in [1.29, 1.82) is 0 Å². The van der Waals surface area contributed by atoms with Crippen molar-refractivity contribution >= 4 is 22.8 Å². The summed E-state index contributed by atoms with van der Waals surface area (Å²) >= 11 is 0. The van der Waals surface area contributed by atoms with Gasteiger partial charge in [-0.05, 0) is 25.0 Å². The zero-order valence-corrected chi connectivity index (χ0v) is 12.5. The Kier molecular flexibility index (Phi) is 3.41. The van der Waals surface area contributed by atoms with E-state index in [9.17, 15) is 4.79 Å². The summed E-state index contributed by atoms with van der Waals surface area (Å²) in [6.07, 6.45) is 5.22. The molecule has 3 aromatic rings. The maximum Gasteiger partial charge on any atom is 0.263 e. The zero-order chi connectivity index (χ0) is 15.6. The molecular formula is C15H17N7O. The van der Waals surface area contributed by atoms with Gasteiger partial charge in [0.25, 0.3) is 5.56 Å². The first-order chi connectivity index (χ1) is 11.3. The lowest BCUT2D eigenvalue weighted by atomic mass is 10.1. The van der Waals surface area contributed by atoms with Crippen molar-refractivity contribution in [3.05, 3.63) is 40.9 Å². The highest BCUT2D eigenvalue weighted by molar-refractivity contribution is 5.73. The summed E-state index contributed by atoms with van der Waals surface area (Å²) in [7, 11) is 0. The van der Waals surface area contributed by atoms with E-state index in [1.807, 2.05) is 24.4 Å². The molecule has 4 rings (SSSR count). The Morgan fingerprint density at radius 1 is 1.26 bits per heavy atom. The van der Waals surface area contributed by atoms with Gasteiger partial charge in [-0.2, -0.15) is 10.1 Å². The molecule has 0 saturated carbocycles. The summed E-state index contributed by atoms with van der Waals surface area (Å²) in [5.74, 6) is 1.50. The van der Waals surface area contributed by atoms with Crippen LogP contribution in [0.1, 0.15) is 12.8 Å². The molecule has 0 amide bonds. The highest BCUT2D eigenvalue weighted by Crippen LogP contribution is 2.19. The molecule has 1 aliphatic heterocycles. The third kappa shape index (κ3) is 2.75. The van der Waals surface area contributed by atoms with Gasteiger partial charge in [0.15, 0.2) is 5.65 Å². The quantitative estimate of drug-likeness (QED) is 0.670. The average molecular weight is 311 g/mol. The fraction of sp³-hybridized carbons (Fsp3) is 0.333. The second-order valence-corrected chi connectivity index (χ2v) is 5.64. The van der Waals surface area contributed by atoms with Gasteiger partial charge in [-0.1, -0.05) is 6.07 Å². The highest BCUT2D eigenvalue weighted by Gasteiger charge is 2.20. The van der Waals surface area contributed by atoms with Crippen LogP contribution in [0.25, 0.3) is 11.0 Å². The Balaban J connectivity index is 1.43. The minimum Gasteiger partial charge on any atom is -0.356 e. The molecule has 3 aromatic heterocycles. The van der Waals surface area contributed by atoms with Crippen LogP contribution in [0.5, 0.6) is 0 Å². The number of H-pyrrole nitrogens is 2. The largest absolute Gasteiger partial charge is 0.356 e. The topological polar surface area (TPSA) is 103 Å². The normalized spacial score (nSPS) is 15.9. The van der Waals surface area contributed by atoms with Crippen molar-refractivity contribution in [2.24, 2.45) is 0 Å². The minimum absolute atomic E-state index is 0.183. The highest BCUT2D eigenvalue weighted by atomic mass is 16.1. The predicted octanol–water partition coefficient (Wildman–Crippen LogP) is 1.12. The van der Waals surface area contributed by atoms with Gasteiger partial charge in [0.05, 0.1) is 6.20 Å². The van der Waals surface area contributed by atoms with Crippen LogP contribution in [-0.4, -0.2) is 44.3 Å². The van der Waals surface area contributed by atoms with Crippen molar-refractivity contribution in [3.8, 4) is 0 Å². The van der Waals surface area contributed by atoms with Gasteiger partial charge in [-0.15, -0.1) is 0 Å². The van der Waals surface area contributed by atoms with Crippen LogP contribution in [-0.2, 0) is 0 Å². The van der Waals surface area contributed by atoms with E-state index in [4.69, 9.17) is 0 Å². The number of nitrogens with one attached hydrogen (secondary N) is 3. The molecule has 118 valence electrons. The summed E-state index contributed by atoms with van der Waals surface area (Å²) in [6.45, 7) is 1.84. The number of piperidine rings is 1. The Labute approximate surface area is 132 Å². The molecule has 3 N–H and O–H groups in total. The number of anilines is 2. The molecule has 23 heavy (non-hydrogen) atoms. The average Bonchev–Trinajstić information content (AvgIpc) is 3.05. The maximum atomic E-state index is 11.9. The molecule has 0 bridgehead atoms. The van der Waals surface area contributed by atoms with Crippen molar-refractivity contribution in [3.63, 3.8) is 0 Å². The fourth-order valence-corrected chi connectivity index (χ4v) is 2.90. The Morgan fingerprint density at radius 2 is 2.13 bits per heavy atom. The molecular weight excluding hydrogens is 294 g/mol. The molecule has 0 aromatic carbocycles. The molecule has 8 heteroatoms. The van der Waals surface area contributed by atoms with Crippen molar-refractivity contribution in [2.45, 2.75) is 18.9 Å². The SMILES string of the molecule is O=c1[nH]c(NC2CCN(c3ccccn3)CC2)nc2[nH]ncc12. The summed E-state index contributed by atoms with van der Waals surface area (Å²) in [4.78, 5) is 25.7. The van der Waals surface area contributed by atoms with E-state index in [1.165, 1.54) is 6.20 Å². The smallest absolute Gasteiger partial charge is 0.263 e. The maximum absolute atomic E-state index is 11.9. The van der Waals surface area contributed by atoms with E-state index < -0.39 is 0 Å². The van der Waals surface area contributed by atoms with Gasteiger partial charge in [-0.25, -0.2) is 4.98 Å². The van der Waals surface area contributed by atoms with Gasteiger partial charge in [0.2, 0.25) is 5.95 Å². The lowest BCUT2D eigenvalue weighted by Gasteiger charge is -2.33. The van der Waals surface area contributed by atoms with E-state index in [1.54, 1.807) is 0 Å². The number of fused-ring (bicyclic) bond motifs is 1. The molecule has 0 spiro atoms. The summed E-state index contributed by atoms with van der Waals surface area (Å²) in [5.41, 5.74) is 0.319. The van der Waals surface area contributed by atoms with E-state index in [-0.39, 0.29) is 11.6 Å². The van der Waals surface area contributed by atoms with Crippen LogP contribution in [0.4, 0.5) is 11.8 Å². The van der Waals surface area contributed by atoms with E-state index in [0.717, 1.165) is 31.7 Å². The minimum atomic E-state index is -0.183. The lowest BCUT2D eigenvalue weighted by molar-refractivity contribution is 0.521. The second-order valence-electron chi connectivity index (χ2n) is 5.64. The van der Waals surface area contributed by atoms with Crippen LogP contribution < -0.4 is 15.8 Å². The summed E-state index contributed by atoms with van der Waals surface area (Å²) in [6, 6.07) is 6.23. The number of hydrogen-bond donors (Lipinski definition) is 3. The first kappa shape index (κ1) is 13.7. The number of aromatic nitrogens is 5. The van der Waals surface area contributed by atoms with Gasteiger partial charge in [-0.3, -0.25) is 14.9 Å². The zero-order valence-electron chi connectivity index (χ0n) is 12.5. The Bertz CT molecular complexity index is 849. The Hall–Kier alpha value is -2.90. The Morgan fingerprint density at radius 3 is 2.91 bits per heavy atom. The monoisotopic (exact) mass is 311 g/mol. The lowest BCUT2D eigenvalue weighted by Crippen LogP contribution is -2.40. The third-order valence-corrected chi connectivity index (χ3v) is 4.13. The van der Waals surface area contributed by atoms with Gasteiger partial charge >= 0.3 is 0 Å². The summed E-state index contributed by atoms with van der Waals surface area (Å²) < 4.78 is 0. The predicted molar refractivity (Wildman–Crippen MR) is 87.6 cm³/mol. The fourth-order valence-electron chi connectivity index (χ4n) is 2.90. The molecule has 1 aliphatic rings. The molecule has 1 fully saturated rings. The van der Waals surface area contributed by atoms with Crippen LogP contribution in [0.3, 0.4) is 0 Å². The number of aromatic amines is 2. The molecule has 0 aliphatic carbocycles. The van der Waals surface area contributed by atoms with E-state index >= 15 is 0 Å². The standard InChI is InChI=1S/C15H17N7O/c23-14-11-9-17-21-13(11)19-15(20-14)18-10-4-7-22(8-5-10)12-3-1-2-6-16-12/h1-3,6,9-10H,4-5,7-8H2,(H3,17,18,19,20,21,23). The number of hydrogen-bond acceptors (Lipinski definition) is 6. The van der Waals surface area contributed by atoms with Crippen LogP contribution in [0.2, 0.25) is 0 Å². The van der Waals surface area contributed by atoms with E-state index in [0.29, 0.717) is 17.0 Å². The van der Waals surface area contributed by atoms with Crippen LogP contribution in [0, 0.1) is 0 Å². The molecule has 4 heterocycles. The first-order valence-electron chi connectivity index (χ1n) is 7.65. The van der Waals surface area contributed by atoms with Gasteiger partial charge < -0.3 is 10.2 Å². The van der Waals surface area contributed by atoms with E-state index in [2.05, 4.69) is 35.4 Å². The van der Waals surface area contributed by atoms with Crippen LogP contribution >= 0.6 is 0 Å². The van der Waals surface area contributed by atoms with Gasteiger partial charge in [0, 0.05) is 25.3 Å². The van der Waals surface area contributed by atoms with Crippen molar-refractivity contribution in [2.75, 3.05) is 23.3 Å². The van der Waals surface area contributed by atoms with Crippen molar-refractivity contribution in [1.82, 2.24) is 25.1 Å². The summed E-state index contributed by atoms with van der Waals surface area (Å²) in [5, 5.41) is 10.4. The molecule has 0 unspecified atom stereocenters. The molecule has 0 atom stereocenters. The van der Waals surface area contributed by atoms with Gasteiger partial charge in [0.1, 0.15) is 11.2 Å². The third-order valence-electron chi connectivity index (χ3n) is 4.13. The second kappa shape index (κ2) is 5.71. The number of pyridine rings is 1. The van der Waals surface area contributed by atoms with Crippen LogP contribution in [0.15, 0.2) is 35.4 Å². The number of rotatable bonds is 3. The number of nitrogens with zero attached hydrogens (tertiary/aromatic N) is 4. The molecule has 8 nitrogen and oxygen atoms in total. The van der Waals surface area contributed by atoms with Crippen molar-refractivity contribution < 1.29 is 0 Å².